The van der Waals surface area contributed by atoms with Gasteiger partial charge in [-0.1, -0.05) is 0 Å². The molecule has 0 aromatic carbocycles. The van der Waals surface area contributed by atoms with Gasteiger partial charge in [0.15, 0.2) is 0 Å². The first-order chi connectivity index (χ1) is 12.7. The zero-order valence-corrected chi connectivity index (χ0v) is 15.4. The molecule has 6 atom stereocenters. The third-order valence-corrected chi connectivity index (χ3v) is 7.16. The Morgan fingerprint density at radius 1 is 1.33 bits per heavy atom. The number of nitrogens with zero attached hydrogens (tertiary/aromatic N) is 1. The van der Waals surface area contributed by atoms with Gasteiger partial charge in [-0.15, -0.1) is 0 Å². The zero-order valence-electron chi connectivity index (χ0n) is 14.6. The molecule has 3 rings (SSSR count). The van der Waals surface area contributed by atoms with Gasteiger partial charge >= 0.3 is 16.8 Å². The lowest BCUT2D eigenvalue weighted by Gasteiger charge is -2.48. The van der Waals surface area contributed by atoms with Crippen LogP contribution in [0.15, 0.2) is 0 Å². The fourth-order valence-electron chi connectivity index (χ4n) is 4.54. The summed E-state index contributed by atoms with van der Waals surface area (Å²) in [5.74, 6) is -1.32. The number of rotatable bonds is 6. The number of aliphatic hydroxyl groups is 1. The topological polar surface area (TPSA) is 108 Å². The van der Waals surface area contributed by atoms with Crippen LogP contribution in [0.25, 0.3) is 0 Å². The van der Waals surface area contributed by atoms with Crippen molar-refractivity contribution in [3.05, 3.63) is 0 Å². The summed E-state index contributed by atoms with van der Waals surface area (Å²) in [4.78, 5) is 11.4. The van der Waals surface area contributed by atoms with Crippen molar-refractivity contribution >= 4 is 16.1 Å². The highest BCUT2D eigenvalue weighted by molar-refractivity contribution is 7.88. The summed E-state index contributed by atoms with van der Waals surface area (Å²) >= 11 is 0. The molecule has 3 fully saturated rings. The van der Waals surface area contributed by atoms with Gasteiger partial charge in [-0.3, -0.25) is 4.79 Å². The summed E-state index contributed by atoms with van der Waals surface area (Å²) in [5, 5.41) is 13.4. The van der Waals surface area contributed by atoms with Gasteiger partial charge in [0.1, 0.15) is 6.17 Å². The van der Waals surface area contributed by atoms with Gasteiger partial charge in [0.05, 0.1) is 25.3 Å². The molecule has 1 amide bonds. The molecule has 27 heavy (non-hydrogen) atoms. The highest BCUT2D eigenvalue weighted by atomic mass is 32.2. The predicted molar refractivity (Wildman–Crippen MR) is 87.7 cm³/mol. The van der Waals surface area contributed by atoms with Crippen LogP contribution in [0.1, 0.15) is 25.7 Å². The fourth-order valence-corrected chi connectivity index (χ4v) is 5.87. The highest BCUT2D eigenvalue weighted by Gasteiger charge is 2.53. The molecule has 8 nitrogen and oxygen atoms in total. The molecule has 12 heteroatoms. The summed E-state index contributed by atoms with van der Waals surface area (Å²) in [7, 11) is -4.15. The van der Waals surface area contributed by atoms with Crippen LogP contribution in [0.2, 0.25) is 0 Å². The van der Waals surface area contributed by atoms with Crippen LogP contribution in [-0.2, 0) is 19.7 Å². The number of carbonyl (C=O) groups is 1. The lowest BCUT2D eigenvalue weighted by Crippen LogP contribution is -2.59. The molecule has 2 saturated carbocycles. The molecule has 1 heterocycles. The maximum absolute atomic E-state index is 15.3. The molecule has 1 aliphatic heterocycles. The summed E-state index contributed by atoms with van der Waals surface area (Å²) in [6, 6.07) is -1.41. The maximum atomic E-state index is 15.3. The van der Waals surface area contributed by atoms with Crippen LogP contribution in [0.4, 0.5) is 13.2 Å². The van der Waals surface area contributed by atoms with E-state index in [1.807, 2.05) is 0 Å². The molecule has 1 saturated heterocycles. The average Bonchev–Trinajstić information content (AvgIpc) is 2.84. The number of hydrogen-bond acceptors (Lipinski definition) is 6. The Morgan fingerprint density at radius 2 is 2.07 bits per heavy atom. The van der Waals surface area contributed by atoms with E-state index >= 15 is 4.39 Å². The van der Waals surface area contributed by atoms with E-state index in [0.717, 1.165) is 0 Å². The van der Waals surface area contributed by atoms with Gasteiger partial charge in [-0.25, -0.2) is 9.11 Å². The van der Waals surface area contributed by atoms with E-state index in [0.29, 0.717) is 23.6 Å². The van der Waals surface area contributed by atoms with Crippen molar-refractivity contribution in [3.63, 3.8) is 0 Å². The lowest BCUT2D eigenvalue weighted by atomic mass is 9.66. The third-order valence-electron chi connectivity index (χ3n) is 5.68. The van der Waals surface area contributed by atoms with Crippen LogP contribution < -0.4 is 10.0 Å². The second-order valence-electron chi connectivity index (χ2n) is 7.33. The summed E-state index contributed by atoms with van der Waals surface area (Å²) in [6.07, 6.45) is -0.791. The Hall–Kier alpha value is -0.950. The molecular weight excluding hydrogens is 391 g/mol. The second kappa shape index (κ2) is 8.19. The zero-order chi connectivity index (χ0) is 19.8. The predicted octanol–water partition coefficient (Wildman–Crippen LogP) is -0.252. The summed E-state index contributed by atoms with van der Waals surface area (Å²) in [5.41, 5.74) is 0. The molecule has 0 aromatic rings. The van der Waals surface area contributed by atoms with Crippen LogP contribution in [0.3, 0.4) is 0 Å². The Morgan fingerprint density at radius 3 is 2.70 bits per heavy atom. The number of hydrogen-bond donors (Lipinski definition) is 3. The Kier molecular flexibility index (Phi) is 6.31. The highest BCUT2D eigenvalue weighted by Crippen LogP contribution is 2.44. The van der Waals surface area contributed by atoms with Crippen molar-refractivity contribution in [2.75, 3.05) is 19.7 Å². The molecule has 0 aromatic heterocycles. The standard InChI is InChI=1S/C15H24F3N3O5S/c16-13-10-6-9(19-3-4-26-15(17)18)2-1-8(10)5-11(22)14(13)21-7-12(23)20-27(21,24)25/h8-11,13-15,19,22H,1-7H2,(H,20,23). The Bertz CT molecular complexity index is 653. The summed E-state index contributed by atoms with van der Waals surface area (Å²) in [6.45, 7) is -3.30. The first-order valence-electron chi connectivity index (χ1n) is 8.96. The molecular formula is C15H24F3N3O5S. The smallest absolute Gasteiger partial charge is 0.345 e. The van der Waals surface area contributed by atoms with Gasteiger partial charge in [0.25, 0.3) is 0 Å². The maximum Gasteiger partial charge on any atom is 0.345 e. The molecule has 0 spiro atoms. The molecule has 2 aliphatic carbocycles. The van der Waals surface area contributed by atoms with E-state index in [4.69, 9.17) is 0 Å². The van der Waals surface area contributed by atoms with E-state index < -0.39 is 53.5 Å². The van der Waals surface area contributed by atoms with Crippen molar-refractivity contribution in [2.45, 2.75) is 56.7 Å². The lowest BCUT2D eigenvalue weighted by molar-refractivity contribution is -0.127. The van der Waals surface area contributed by atoms with Crippen LogP contribution >= 0.6 is 0 Å². The summed E-state index contributed by atoms with van der Waals surface area (Å²) < 4.78 is 70.0. The number of halogens is 3. The molecule has 3 aliphatic rings. The van der Waals surface area contributed by atoms with Crippen molar-refractivity contribution in [1.29, 1.82) is 0 Å². The van der Waals surface area contributed by atoms with Gasteiger partial charge < -0.3 is 15.2 Å². The van der Waals surface area contributed by atoms with Crippen LogP contribution in [-0.4, -0.2) is 74.4 Å². The minimum atomic E-state index is -4.15. The molecule has 156 valence electrons. The van der Waals surface area contributed by atoms with Gasteiger partial charge in [-0.05, 0) is 37.5 Å². The molecule has 6 unspecified atom stereocenters. The fraction of sp³-hybridized carbons (Fsp3) is 0.933. The van der Waals surface area contributed by atoms with Gasteiger partial charge in [-0.2, -0.15) is 21.5 Å². The van der Waals surface area contributed by atoms with Gasteiger partial charge in [0.2, 0.25) is 5.91 Å². The van der Waals surface area contributed by atoms with E-state index in [-0.39, 0.29) is 31.5 Å². The minimum Gasteiger partial charge on any atom is -0.391 e. The van der Waals surface area contributed by atoms with Crippen molar-refractivity contribution in [2.24, 2.45) is 11.8 Å². The number of amides is 1. The number of fused-ring (bicyclic) bond motifs is 1. The number of nitrogens with one attached hydrogen (secondary N) is 2. The van der Waals surface area contributed by atoms with Crippen LogP contribution in [0, 0.1) is 11.8 Å². The van der Waals surface area contributed by atoms with E-state index in [9.17, 15) is 27.1 Å². The first-order valence-corrected chi connectivity index (χ1v) is 10.4. The van der Waals surface area contributed by atoms with E-state index in [1.54, 1.807) is 4.72 Å². The largest absolute Gasteiger partial charge is 0.391 e. The molecule has 0 bridgehead atoms. The number of carbonyl (C=O) groups excluding carboxylic acids is 1. The normalized spacial score (nSPS) is 39.4. The van der Waals surface area contributed by atoms with E-state index in [2.05, 4.69) is 10.1 Å². The van der Waals surface area contributed by atoms with Crippen molar-refractivity contribution < 1.29 is 36.2 Å². The first kappa shape index (κ1) is 20.8. The van der Waals surface area contributed by atoms with Crippen LogP contribution in [0.5, 0.6) is 0 Å². The number of alkyl halides is 3. The quantitative estimate of drug-likeness (QED) is 0.517. The van der Waals surface area contributed by atoms with Crippen molar-refractivity contribution in [3.8, 4) is 0 Å². The number of aliphatic hydroxyl groups excluding tert-OH is 1. The SMILES string of the molecule is O=C1CN(C2C(O)CC3CCC(NCCOC(F)F)CC3C2F)S(=O)(=O)N1. The average molecular weight is 415 g/mol. The van der Waals surface area contributed by atoms with Gasteiger partial charge in [0, 0.05) is 12.6 Å². The molecule has 0 radical (unpaired) electrons. The third kappa shape index (κ3) is 4.56. The van der Waals surface area contributed by atoms with Crippen molar-refractivity contribution in [1.82, 2.24) is 14.3 Å². The number of ether oxygens (including phenoxy) is 1. The Balaban J connectivity index is 1.64. The monoisotopic (exact) mass is 415 g/mol. The second-order valence-corrected chi connectivity index (χ2v) is 8.96. The van der Waals surface area contributed by atoms with E-state index in [1.165, 1.54) is 0 Å². The molecule has 3 N–H and O–H groups in total. The Labute approximate surface area is 155 Å². The minimum absolute atomic E-state index is 0.0874.